The first-order valence-electron chi connectivity index (χ1n) is 10.2. The molecule has 1 unspecified atom stereocenters. The summed E-state index contributed by atoms with van der Waals surface area (Å²) in [6.07, 6.45) is 0. The van der Waals surface area contributed by atoms with Crippen LogP contribution in [0.15, 0.2) is 42.5 Å². The summed E-state index contributed by atoms with van der Waals surface area (Å²) < 4.78 is 45.2. The maximum Gasteiger partial charge on any atom is 0.343 e. The minimum absolute atomic E-state index is 0.0886. The number of rotatable bonds is 10. The minimum atomic E-state index is -4.38. The summed E-state index contributed by atoms with van der Waals surface area (Å²) in [6, 6.07) is 10.0. The van der Waals surface area contributed by atoms with Crippen molar-refractivity contribution in [1.29, 1.82) is 0 Å². The number of ether oxygens (including phenoxy) is 3. The highest BCUT2D eigenvalue weighted by Gasteiger charge is 2.31. The Labute approximate surface area is 198 Å². The van der Waals surface area contributed by atoms with Gasteiger partial charge in [0.05, 0.1) is 12.7 Å². The van der Waals surface area contributed by atoms with Crippen molar-refractivity contribution in [2.45, 2.75) is 38.5 Å². The Balaban J connectivity index is 2.48. The van der Waals surface area contributed by atoms with E-state index in [9.17, 15) is 22.8 Å². The summed E-state index contributed by atoms with van der Waals surface area (Å²) in [7, 11) is -2.90. The van der Waals surface area contributed by atoms with Gasteiger partial charge in [0, 0.05) is 19.0 Å². The van der Waals surface area contributed by atoms with Gasteiger partial charge in [0.15, 0.2) is 11.5 Å². The van der Waals surface area contributed by atoms with Crippen molar-refractivity contribution in [3.05, 3.63) is 53.6 Å². The second-order valence-electron chi connectivity index (χ2n) is 8.22. The Morgan fingerprint density at radius 1 is 1.03 bits per heavy atom. The Kier molecular flexibility index (Phi) is 8.77. The first-order chi connectivity index (χ1) is 15.9. The maximum absolute atomic E-state index is 12.7. The van der Waals surface area contributed by atoms with E-state index in [4.69, 9.17) is 14.2 Å². The third kappa shape index (κ3) is 7.56. The summed E-state index contributed by atoms with van der Waals surface area (Å²) in [5.41, 5.74) is -0.120. The van der Waals surface area contributed by atoms with E-state index in [0.29, 0.717) is 5.75 Å². The molecule has 0 radical (unpaired) electrons. The normalized spacial score (nSPS) is 12.4. The molecule has 1 N–H and O–H groups in total. The fourth-order valence-electron chi connectivity index (χ4n) is 2.84. The lowest BCUT2D eigenvalue weighted by atomic mass is 10.1. The van der Waals surface area contributed by atoms with Gasteiger partial charge in [-0.3, -0.25) is 9.59 Å². The molecule has 2 rings (SSSR count). The van der Waals surface area contributed by atoms with Gasteiger partial charge in [0.1, 0.15) is 11.0 Å². The van der Waals surface area contributed by atoms with Crippen molar-refractivity contribution in [1.82, 2.24) is 5.32 Å². The van der Waals surface area contributed by atoms with Crippen LogP contribution in [0.4, 0.5) is 0 Å². The summed E-state index contributed by atoms with van der Waals surface area (Å²) >= 11 is 0. The van der Waals surface area contributed by atoms with Crippen LogP contribution in [-0.4, -0.2) is 46.0 Å². The van der Waals surface area contributed by atoms with Gasteiger partial charge in [-0.15, -0.1) is 0 Å². The van der Waals surface area contributed by atoms with Crippen molar-refractivity contribution >= 4 is 28.5 Å². The predicted octanol–water partition coefficient (Wildman–Crippen LogP) is 2.77. The van der Waals surface area contributed by atoms with Crippen LogP contribution in [0, 0.1) is 0 Å². The molecular formula is C23H27NO9S. The number of carbonyl (C=O) groups excluding carboxylic acids is 3. The van der Waals surface area contributed by atoms with E-state index in [1.54, 1.807) is 12.1 Å². The molecule has 0 saturated carbocycles. The SMILES string of the molecule is COc1ccc(C(=O)Oc2cc(C(CNC(C)(C)C)S(=O)(=O)OC=O)ccc2OC(C)=O)cc1. The summed E-state index contributed by atoms with van der Waals surface area (Å²) in [6.45, 7) is 6.40. The molecule has 1 atom stereocenters. The predicted molar refractivity (Wildman–Crippen MR) is 122 cm³/mol. The molecule has 2 aromatic carbocycles. The number of benzene rings is 2. The second-order valence-corrected chi connectivity index (χ2v) is 9.97. The van der Waals surface area contributed by atoms with E-state index in [0.717, 1.165) is 0 Å². The van der Waals surface area contributed by atoms with Crippen molar-refractivity contribution < 1.29 is 41.2 Å². The zero-order valence-corrected chi connectivity index (χ0v) is 20.3. The molecule has 0 amide bonds. The van der Waals surface area contributed by atoms with Gasteiger partial charge in [-0.2, -0.15) is 8.42 Å². The third-order valence-electron chi connectivity index (χ3n) is 4.46. The zero-order chi connectivity index (χ0) is 25.5. The topological polar surface area (TPSA) is 134 Å². The molecule has 10 nitrogen and oxygen atoms in total. The van der Waals surface area contributed by atoms with Gasteiger partial charge >= 0.3 is 28.5 Å². The summed E-state index contributed by atoms with van der Waals surface area (Å²) in [5.74, 6) is -1.18. The monoisotopic (exact) mass is 493 g/mol. The number of carbonyl (C=O) groups is 3. The number of nitrogens with one attached hydrogen (secondary N) is 1. The molecule has 0 aliphatic carbocycles. The van der Waals surface area contributed by atoms with E-state index in [1.165, 1.54) is 44.4 Å². The van der Waals surface area contributed by atoms with E-state index in [-0.39, 0.29) is 35.6 Å². The number of esters is 2. The average Bonchev–Trinajstić information content (AvgIpc) is 2.74. The van der Waals surface area contributed by atoms with Crippen LogP contribution in [0.5, 0.6) is 17.2 Å². The van der Waals surface area contributed by atoms with Crippen LogP contribution in [0.1, 0.15) is 48.9 Å². The smallest absolute Gasteiger partial charge is 0.343 e. The molecule has 0 saturated heterocycles. The van der Waals surface area contributed by atoms with E-state index < -0.39 is 32.8 Å². The Hall–Kier alpha value is -3.44. The zero-order valence-electron chi connectivity index (χ0n) is 19.5. The molecule has 184 valence electrons. The summed E-state index contributed by atoms with van der Waals surface area (Å²) in [5, 5.41) is 1.72. The van der Waals surface area contributed by atoms with Gasteiger partial charge in [-0.1, -0.05) is 6.07 Å². The van der Waals surface area contributed by atoms with Gasteiger partial charge in [-0.05, 0) is 62.7 Å². The lowest BCUT2D eigenvalue weighted by Crippen LogP contribution is -2.40. The molecule has 0 heterocycles. The number of methoxy groups -OCH3 is 1. The Bertz CT molecular complexity index is 1140. The first kappa shape index (κ1) is 26.8. The van der Waals surface area contributed by atoms with Gasteiger partial charge in [0.2, 0.25) is 0 Å². The first-order valence-corrected chi connectivity index (χ1v) is 11.6. The standard InChI is InChI=1S/C23H27NO9S/c1-15(26)32-19-11-8-17(21(13-24-23(2,3)4)34(28,29)31-14-25)12-20(19)33-22(27)16-6-9-18(30-5)10-7-16/h6-12,14,21,24H,13H2,1-5H3. The average molecular weight is 494 g/mol. The lowest BCUT2D eigenvalue weighted by Gasteiger charge is -2.25. The Morgan fingerprint density at radius 2 is 1.68 bits per heavy atom. The molecule has 34 heavy (non-hydrogen) atoms. The van der Waals surface area contributed by atoms with E-state index in [1.807, 2.05) is 20.8 Å². The van der Waals surface area contributed by atoms with Crippen molar-refractivity contribution in [3.63, 3.8) is 0 Å². The molecule has 0 spiro atoms. The number of hydrogen-bond acceptors (Lipinski definition) is 10. The van der Waals surface area contributed by atoms with Crippen LogP contribution >= 0.6 is 0 Å². The van der Waals surface area contributed by atoms with Gasteiger partial charge in [-0.25, -0.2) is 4.79 Å². The Morgan fingerprint density at radius 3 is 2.21 bits per heavy atom. The maximum atomic E-state index is 12.7. The minimum Gasteiger partial charge on any atom is -0.497 e. The van der Waals surface area contributed by atoms with Crippen LogP contribution in [0.3, 0.4) is 0 Å². The van der Waals surface area contributed by atoms with Crippen molar-refractivity contribution in [2.24, 2.45) is 0 Å². The van der Waals surface area contributed by atoms with Crippen LogP contribution in [-0.2, 0) is 23.9 Å². The quantitative estimate of drug-likeness (QED) is 0.228. The summed E-state index contributed by atoms with van der Waals surface area (Å²) in [4.78, 5) is 35.0. The van der Waals surface area contributed by atoms with Crippen molar-refractivity contribution in [3.8, 4) is 17.2 Å². The highest BCUT2D eigenvalue weighted by atomic mass is 32.2. The molecule has 0 bridgehead atoms. The highest BCUT2D eigenvalue weighted by Crippen LogP contribution is 2.34. The molecule has 0 fully saturated rings. The lowest BCUT2D eigenvalue weighted by molar-refractivity contribution is -0.132. The molecular weight excluding hydrogens is 466 g/mol. The fraction of sp³-hybridized carbons (Fsp3) is 0.348. The van der Waals surface area contributed by atoms with Crippen molar-refractivity contribution in [2.75, 3.05) is 13.7 Å². The van der Waals surface area contributed by atoms with Gasteiger partial charge < -0.3 is 23.7 Å². The molecule has 11 heteroatoms. The second kappa shape index (κ2) is 11.1. The molecule has 0 aliphatic rings. The van der Waals surface area contributed by atoms with Crippen LogP contribution in [0.25, 0.3) is 0 Å². The molecule has 2 aromatic rings. The molecule has 0 aliphatic heterocycles. The molecule has 0 aromatic heterocycles. The van der Waals surface area contributed by atoms with E-state index >= 15 is 0 Å². The third-order valence-corrected chi connectivity index (χ3v) is 5.94. The number of hydrogen-bond donors (Lipinski definition) is 1. The van der Waals surface area contributed by atoms with Gasteiger partial charge in [0.25, 0.3) is 0 Å². The van der Waals surface area contributed by atoms with Crippen LogP contribution < -0.4 is 19.5 Å². The van der Waals surface area contributed by atoms with E-state index in [2.05, 4.69) is 9.50 Å². The fourth-order valence-corrected chi connectivity index (χ4v) is 3.85. The van der Waals surface area contributed by atoms with Crippen LogP contribution in [0.2, 0.25) is 0 Å². The highest BCUT2D eigenvalue weighted by molar-refractivity contribution is 7.87. The largest absolute Gasteiger partial charge is 0.497 e.